The molecular weight excluding hydrogens is 381 g/mol. The van der Waals surface area contributed by atoms with Crippen LogP contribution in [0.4, 0.5) is 5.69 Å². The fourth-order valence-electron chi connectivity index (χ4n) is 4.32. The van der Waals surface area contributed by atoms with E-state index in [1.807, 2.05) is 6.07 Å². The molecule has 0 radical (unpaired) electrons. The van der Waals surface area contributed by atoms with Crippen molar-refractivity contribution in [2.75, 3.05) is 33.0 Å². The Morgan fingerprint density at radius 2 is 1.73 bits per heavy atom. The van der Waals surface area contributed by atoms with Gasteiger partial charge in [0.25, 0.3) is 5.69 Å². The van der Waals surface area contributed by atoms with Crippen LogP contribution in [0.25, 0.3) is 0 Å². The summed E-state index contributed by atoms with van der Waals surface area (Å²) in [5.41, 5.74) is 0.952. The first-order chi connectivity index (χ1) is 11.7. The molecule has 1 aromatic carbocycles. The maximum Gasteiger partial charge on any atom is 0.278 e. The third-order valence-electron chi connectivity index (χ3n) is 5.43. The number of halogens is 2. The highest BCUT2D eigenvalue weighted by Crippen LogP contribution is 2.47. The zero-order valence-electron chi connectivity index (χ0n) is 14.5. The van der Waals surface area contributed by atoms with Crippen molar-refractivity contribution < 1.29 is 14.4 Å². The number of ether oxygens (including phenoxy) is 2. The molecule has 3 aliphatic rings. The molecule has 2 aliphatic heterocycles. The van der Waals surface area contributed by atoms with Crippen LogP contribution < -0.4 is 14.8 Å². The molecule has 1 aromatic rings. The third-order valence-corrected chi connectivity index (χ3v) is 5.43. The molecule has 2 fully saturated rings. The molecule has 1 aliphatic carbocycles. The highest BCUT2D eigenvalue weighted by Gasteiger charge is 2.37. The zero-order valence-corrected chi connectivity index (χ0v) is 16.2. The molecule has 0 spiro atoms. The van der Waals surface area contributed by atoms with Gasteiger partial charge in [0, 0.05) is 32.2 Å². The van der Waals surface area contributed by atoms with E-state index in [1.54, 1.807) is 6.07 Å². The molecule has 4 rings (SSSR count). The van der Waals surface area contributed by atoms with Crippen LogP contribution in [0.1, 0.15) is 37.3 Å². The van der Waals surface area contributed by atoms with E-state index in [1.165, 1.54) is 12.8 Å². The molecule has 1 N–H and O–H groups in total. The second-order valence-electron chi connectivity index (χ2n) is 6.80. The molecule has 0 amide bonds. The lowest BCUT2D eigenvalue weighted by Gasteiger charge is -2.38. The summed E-state index contributed by atoms with van der Waals surface area (Å²) in [7, 11) is 0. The predicted molar refractivity (Wildman–Crippen MR) is 103 cm³/mol. The van der Waals surface area contributed by atoms with Gasteiger partial charge in [-0.15, -0.1) is 24.8 Å². The van der Waals surface area contributed by atoms with Crippen molar-refractivity contribution in [3.8, 4) is 11.5 Å². The Labute approximate surface area is 165 Å². The van der Waals surface area contributed by atoms with E-state index in [2.05, 4.69) is 10.2 Å². The van der Waals surface area contributed by atoms with Crippen LogP contribution in [-0.4, -0.2) is 42.8 Å². The Balaban J connectivity index is 0.00000121. The van der Waals surface area contributed by atoms with E-state index in [0.29, 0.717) is 17.4 Å². The van der Waals surface area contributed by atoms with Gasteiger partial charge < -0.3 is 14.8 Å². The number of nitro benzene ring substituents is 1. The highest BCUT2D eigenvalue weighted by atomic mass is 35.5. The Morgan fingerprint density at radius 3 is 2.35 bits per heavy atom. The Kier molecular flexibility index (Phi) is 7.34. The van der Waals surface area contributed by atoms with Crippen molar-refractivity contribution in [2.45, 2.75) is 31.7 Å². The van der Waals surface area contributed by atoms with Crippen LogP contribution in [0.5, 0.6) is 11.5 Å². The third kappa shape index (κ3) is 4.01. The lowest BCUT2D eigenvalue weighted by molar-refractivity contribution is -0.386. The summed E-state index contributed by atoms with van der Waals surface area (Å²) in [5, 5.41) is 15.1. The SMILES string of the molecule is Cl.Cl.O=[N+]([O-])c1cc2c(cc1[C@@H](C1CCCC1)N1CCNCC1)OCO2. The molecule has 26 heavy (non-hydrogen) atoms. The number of nitrogens with one attached hydrogen (secondary N) is 1. The Hall–Kier alpha value is -1.28. The second-order valence-corrected chi connectivity index (χ2v) is 6.80. The van der Waals surface area contributed by atoms with E-state index >= 15 is 0 Å². The van der Waals surface area contributed by atoms with Crippen LogP contribution >= 0.6 is 24.8 Å². The number of nitrogens with zero attached hydrogens (tertiary/aromatic N) is 2. The largest absolute Gasteiger partial charge is 0.454 e. The normalized spacial score (nSPS) is 20.9. The summed E-state index contributed by atoms with van der Waals surface area (Å²) in [4.78, 5) is 13.8. The van der Waals surface area contributed by atoms with Crippen molar-refractivity contribution in [3.05, 3.63) is 27.8 Å². The van der Waals surface area contributed by atoms with Gasteiger partial charge in [-0.2, -0.15) is 0 Å². The van der Waals surface area contributed by atoms with Crippen molar-refractivity contribution >= 4 is 30.5 Å². The number of hydrogen-bond donors (Lipinski definition) is 1. The minimum Gasteiger partial charge on any atom is -0.454 e. The van der Waals surface area contributed by atoms with Crippen molar-refractivity contribution in [1.29, 1.82) is 0 Å². The first kappa shape index (κ1) is 21.0. The topological polar surface area (TPSA) is 76.9 Å². The van der Waals surface area contributed by atoms with Gasteiger partial charge in [-0.25, -0.2) is 0 Å². The van der Waals surface area contributed by atoms with E-state index in [0.717, 1.165) is 44.6 Å². The molecule has 9 heteroatoms. The molecule has 1 saturated carbocycles. The standard InChI is InChI=1S/C17H23N3O4.2ClH/c21-20(22)14-10-16-15(23-11-24-16)9-13(14)17(12-3-1-2-4-12)19-7-5-18-6-8-19;;/h9-10,12,17-18H,1-8,11H2;2*1H/t17-;;/m1../s1. The first-order valence-corrected chi connectivity index (χ1v) is 8.77. The van der Waals surface area contributed by atoms with Gasteiger partial charge in [0.05, 0.1) is 16.6 Å². The summed E-state index contributed by atoms with van der Waals surface area (Å²) < 4.78 is 10.8. The average Bonchev–Trinajstić information content (AvgIpc) is 3.26. The molecule has 146 valence electrons. The summed E-state index contributed by atoms with van der Waals surface area (Å²) in [6.07, 6.45) is 4.71. The molecular formula is C17H25Cl2N3O4. The summed E-state index contributed by atoms with van der Waals surface area (Å²) in [5.74, 6) is 1.59. The van der Waals surface area contributed by atoms with Crippen LogP contribution in [0, 0.1) is 16.0 Å². The fraction of sp³-hybridized carbons (Fsp3) is 0.647. The van der Waals surface area contributed by atoms with Gasteiger partial charge in [0.15, 0.2) is 11.5 Å². The maximum atomic E-state index is 11.7. The van der Waals surface area contributed by atoms with Gasteiger partial charge in [-0.3, -0.25) is 15.0 Å². The van der Waals surface area contributed by atoms with Crippen LogP contribution in [0.15, 0.2) is 12.1 Å². The molecule has 0 bridgehead atoms. The molecule has 2 heterocycles. The van der Waals surface area contributed by atoms with Gasteiger partial charge in [-0.05, 0) is 24.8 Å². The van der Waals surface area contributed by atoms with Gasteiger partial charge in [0.1, 0.15) is 0 Å². The molecule has 0 unspecified atom stereocenters. The Bertz CT molecular complexity index is 635. The minimum absolute atomic E-state index is 0. The van der Waals surface area contributed by atoms with Gasteiger partial charge >= 0.3 is 0 Å². The summed E-state index contributed by atoms with van der Waals surface area (Å²) >= 11 is 0. The average molecular weight is 406 g/mol. The zero-order chi connectivity index (χ0) is 16.5. The van der Waals surface area contributed by atoms with Crippen molar-refractivity contribution in [1.82, 2.24) is 10.2 Å². The lowest BCUT2D eigenvalue weighted by atomic mass is 9.88. The van der Waals surface area contributed by atoms with E-state index in [4.69, 9.17) is 9.47 Å². The van der Waals surface area contributed by atoms with E-state index in [-0.39, 0.29) is 48.3 Å². The number of benzene rings is 1. The predicted octanol–water partition coefficient (Wildman–Crippen LogP) is 3.30. The summed E-state index contributed by atoms with van der Waals surface area (Å²) in [6, 6.07) is 3.48. The lowest BCUT2D eigenvalue weighted by Crippen LogP contribution is -2.46. The number of nitro groups is 1. The van der Waals surface area contributed by atoms with E-state index in [9.17, 15) is 10.1 Å². The minimum atomic E-state index is -0.276. The Morgan fingerprint density at radius 1 is 1.12 bits per heavy atom. The molecule has 0 aromatic heterocycles. The van der Waals surface area contributed by atoms with Gasteiger partial charge in [-0.1, -0.05) is 12.8 Å². The first-order valence-electron chi connectivity index (χ1n) is 8.77. The monoisotopic (exact) mass is 405 g/mol. The number of hydrogen-bond acceptors (Lipinski definition) is 6. The van der Waals surface area contributed by atoms with Crippen molar-refractivity contribution in [3.63, 3.8) is 0 Å². The smallest absolute Gasteiger partial charge is 0.278 e. The molecule has 1 atom stereocenters. The molecule has 7 nitrogen and oxygen atoms in total. The number of piperazine rings is 1. The van der Waals surface area contributed by atoms with Crippen LogP contribution in [0.3, 0.4) is 0 Å². The quantitative estimate of drug-likeness (QED) is 0.611. The number of fused-ring (bicyclic) bond motifs is 1. The van der Waals surface area contributed by atoms with E-state index < -0.39 is 0 Å². The molecule has 1 saturated heterocycles. The van der Waals surface area contributed by atoms with Crippen LogP contribution in [0.2, 0.25) is 0 Å². The maximum absolute atomic E-state index is 11.7. The summed E-state index contributed by atoms with van der Waals surface area (Å²) in [6.45, 7) is 3.85. The van der Waals surface area contributed by atoms with Crippen LogP contribution in [-0.2, 0) is 0 Å². The fourth-order valence-corrected chi connectivity index (χ4v) is 4.32. The highest BCUT2D eigenvalue weighted by molar-refractivity contribution is 5.85. The second kappa shape index (κ2) is 9.08. The number of rotatable bonds is 4. The van der Waals surface area contributed by atoms with Crippen molar-refractivity contribution in [2.24, 2.45) is 5.92 Å². The van der Waals surface area contributed by atoms with Gasteiger partial charge in [0.2, 0.25) is 6.79 Å².